The number of hydrogen-bond donors (Lipinski definition) is 0. The zero-order chi connectivity index (χ0) is 14.7. The molecule has 4 heteroatoms. The molecule has 2 fully saturated rings. The van der Waals surface area contributed by atoms with Gasteiger partial charge >= 0.3 is 0 Å². The van der Waals surface area contributed by atoms with Crippen molar-refractivity contribution in [2.24, 2.45) is 5.41 Å². The summed E-state index contributed by atoms with van der Waals surface area (Å²) in [6.45, 7) is 3.44. The standard InChI is InChI=1S/C17H18F2N2/c1-12-10-15(20-14-5-3-2-4-13(12)14)21-8-6-16(7-9-21)11-17(16,18)19/h2-5,10H,6-9,11H2,1H3. The van der Waals surface area contributed by atoms with Gasteiger partial charge in [0.15, 0.2) is 0 Å². The van der Waals surface area contributed by atoms with Gasteiger partial charge in [-0.25, -0.2) is 13.8 Å². The van der Waals surface area contributed by atoms with E-state index in [1.165, 1.54) is 5.56 Å². The number of pyridine rings is 1. The van der Waals surface area contributed by atoms with Gasteiger partial charge in [-0.2, -0.15) is 0 Å². The van der Waals surface area contributed by atoms with Crippen LogP contribution in [0, 0.1) is 12.3 Å². The first-order valence-corrected chi connectivity index (χ1v) is 7.50. The normalized spacial score (nSPS) is 22.7. The maximum atomic E-state index is 13.4. The van der Waals surface area contributed by atoms with Gasteiger partial charge in [0.25, 0.3) is 5.92 Å². The largest absolute Gasteiger partial charge is 0.357 e. The Kier molecular flexibility index (Phi) is 2.57. The van der Waals surface area contributed by atoms with Crippen LogP contribution in [0.3, 0.4) is 0 Å². The third-order valence-corrected chi connectivity index (χ3v) is 5.17. The number of aryl methyl sites for hydroxylation is 1. The zero-order valence-electron chi connectivity index (χ0n) is 12.1. The molecule has 2 nitrogen and oxygen atoms in total. The minimum absolute atomic E-state index is 0.0814. The Morgan fingerprint density at radius 1 is 1.14 bits per heavy atom. The molecule has 1 aromatic carbocycles. The summed E-state index contributed by atoms with van der Waals surface area (Å²) in [7, 11) is 0. The van der Waals surface area contributed by atoms with Crippen LogP contribution in [-0.2, 0) is 0 Å². The Bertz CT molecular complexity index is 703. The number of alkyl halides is 2. The van der Waals surface area contributed by atoms with Crippen molar-refractivity contribution >= 4 is 16.7 Å². The first-order valence-electron chi connectivity index (χ1n) is 7.50. The fourth-order valence-corrected chi connectivity index (χ4v) is 3.58. The van der Waals surface area contributed by atoms with E-state index < -0.39 is 11.3 Å². The number of nitrogens with zero attached hydrogens (tertiary/aromatic N) is 2. The summed E-state index contributed by atoms with van der Waals surface area (Å²) in [6, 6.07) is 10.1. The molecule has 0 bridgehead atoms. The highest BCUT2D eigenvalue weighted by Crippen LogP contribution is 2.65. The van der Waals surface area contributed by atoms with Crippen molar-refractivity contribution in [3.8, 4) is 0 Å². The van der Waals surface area contributed by atoms with Crippen molar-refractivity contribution in [2.75, 3.05) is 18.0 Å². The molecule has 1 aliphatic carbocycles. The molecule has 1 saturated heterocycles. The summed E-state index contributed by atoms with van der Waals surface area (Å²) in [5, 5.41) is 1.16. The van der Waals surface area contributed by atoms with Crippen molar-refractivity contribution in [3.63, 3.8) is 0 Å². The second kappa shape index (κ2) is 4.15. The summed E-state index contributed by atoms with van der Waals surface area (Å²) in [5.74, 6) is -1.50. The number of rotatable bonds is 1. The van der Waals surface area contributed by atoms with E-state index in [0.717, 1.165) is 16.7 Å². The van der Waals surface area contributed by atoms with Crippen LogP contribution in [0.15, 0.2) is 30.3 Å². The Balaban J connectivity index is 1.60. The number of fused-ring (bicyclic) bond motifs is 1. The average molecular weight is 288 g/mol. The Labute approximate surface area is 122 Å². The minimum atomic E-state index is -2.42. The number of para-hydroxylation sites is 1. The van der Waals surface area contributed by atoms with Crippen molar-refractivity contribution in [3.05, 3.63) is 35.9 Å². The van der Waals surface area contributed by atoms with Gasteiger partial charge in [-0.15, -0.1) is 0 Å². The van der Waals surface area contributed by atoms with E-state index >= 15 is 0 Å². The van der Waals surface area contributed by atoms with E-state index in [1.807, 2.05) is 18.2 Å². The monoisotopic (exact) mass is 288 g/mol. The maximum Gasteiger partial charge on any atom is 0.254 e. The van der Waals surface area contributed by atoms with E-state index in [9.17, 15) is 8.78 Å². The smallest absolute Gasteiger partial charge is 0.254 e. The van der Waals surface area contributed by atoms with Crippen LogP contribution in [0.1, 0.15) is 24.8 Å². The van der Waals surface area contributed by atoms with E-state index in [4.69, 9.17) is 4.98 Å². The maximum absolute atomic E-state index is 13.4. The molecule has 2 heterocycles. The second-order valence-corrected chi connectivity index (χ2v) is 6.46. The van der Waals surface area contributed by atoms with Crippen LogP contribution >= 0.6 is 0 Å². The number of halogens is 2. The van der Waals surface area contributed by atoms with Gasteiger partial charge in [0.05, 0.1) is 5.52 Å². The lowest BCUT2D eigenvalue weighted by atomic mass is 9.93. The Morgan fingerprint density at radius 2 is 1.81 bits per heavy atom. The molecule has 1 aromatic heterocycles. The number of piperidine rings is 1. The molecule has 1 spiro atoms. The highest BCUT2D eigenvalue weighted by molar-refractivity contribution is 5.83. The lowest BCUT2D eigenvalue weighted by Crippen LogP contribution is -2.37. The van der Waals surface area contributed by atoms with E-state index in [1.54, 1.807) is 0 Å². The SMILES string of the molecule is Cc1cc(N2CCC3(CC2)CC3(F)F)nc2ccccc12. The molecule has 0 N–H and O–H groups in total. The second-order valence-electron chi connectivity index (χ2n) is 6.46. The Hall–Kier alpha value is -1.71. The first kappa shape index (κ1) is 13.0. The lowest BCUT2D eigenvalue weighted by Gasteiger charge is -2.33. The van der Waals surface area contributed by atoms with Crippen LogP contribution in [0.5, 0.6) is 0 Å². The highest BCUT2D eigenvalue weighted by atomic mass is 19.3. The number of hydrogen-bond acceptors (Lipinski definition) is 2. The molecule has 0 atom stereocenters. The van der Waals surface area contributed by atoms with Gasteiger partial charge in [0.1, 0.15) is 5.82 Å². The van der Waals surface area contributed by atoms with Gasteiger partial charge in [-0.3, -0.25) is 0 Å². The fourth-order valence-electron chi connectivity index (χ4n) is 3.58. The number of benzene rings is 1. The van der Waals surface area contributed by atoms with Crippen LogP contribution < -0.4 is 4.90 Å². The van der Waals surface area contributed by atoms with Crippen LogP contribution in [-0.4, -0.2) is 24.0 Å². The first-order chi connectivity index (χ1) is 10.0. The van der Waals surface area contributed by atoms with Gasteiger partial charge in [0.2, 0.25) is 0 Å². The third kappa shape index (κ3) is 1.92. The van der Waals surface area contributed by atoms with Gasteiger partial charge in [0, 0.05) is 30.3 Å². The van der Waals surface area contributed by atoms with Crippen molar-refractivity contribution in [1.29, 1.82) is 0 Å². The fraction of sp³-hybridized carbons (Fsp3) is 0.471. The molecule has 4 rings (SSSR count). The summed E-state index contributed by atoms with van der Waals surface area (Å²) in [5.41, 5.74) is 1.47. The molecule has 1 aliphatic heterocycles. The van der Waals surface area contributed by atoms with E-state index in [2.05, 4.69) is 24.0 Å². The number of aromatic nitrogens is 1. The zero-order valence-corrected chi connectivity index (χ0v) is 12.1. The average Bonchev–Trinajstić information content (AvgIpc) is 3.00. The quantitative estimate of drug-likeness (QED) is 0.783. The highest BCUT2D eigenvalue weighted by Gasteiger charge is 2.70. The van der Waals surface area contributed by atoms with E-state index in [0.29, 0.717) is 25.9 Å². The number of anilines is 1. The van der Waals surface area contributed by atoms with E-state index in [-0.39, 0.29) is 6.42 Å². The predicted molar refractivity (Wildman–Crippen MR) is 79.9 cm³/mol. The molecule has 1 saturated carbocycles. The van der Waals surface area contributed by atoms with Gasteiger partial charge in [-0.1, -0.05) is 18.2 Å². The predicted octanol–water partition coefficient (Wildman–Crippen LogP) is 4.17. The minimum Gasteiger partial charge on any atom is -0.357 e. The summed E-state index contributed by atoms with van der Waals surface area (Å²) < 4.78 is 26.9. The molecule has 2 aliphatic rings. The molecule has 0 unspecified atom stereocenters. The van der Waals surface area contributed by atoms with Gasteiger partial charge < -0.3 is 4.90 Å². The van der Waals surface area contributed by atoms with Crippen LogP contribution in [0.25, 0.3) is 10.9 Å². The molecule has 0 radical (unpaired) electrons. The lowest BCUT2D eigenvalue weighted by molar-refractivity contribution is 0.0536. The summed E-state index contributed by atoms with van der Waals surface area (Å²) >= 11 is 0. The molecule has 0 amide bonds. The summed E-state index contributed by atoms with van der Waals surface area (Å²) in [6.07, 6.45) is 1.24. The topological polar surface area (TPSA) is 16.1 Å². The molecular formula is C17H18F2N2. The van der Waals surface area contributed by atoms with Crippen LogP contribution in [0.4, 0.5) is 14.6 Å². The molecule has 2 aromatic rings. The molecule has 110 valence electrons. The van der Waals surface area contributed by atoms with Crippen molar-refractivity contribution in [1.82, 2.24) is 4.98 Å². The van der Waals surface area contributed by atoms with Gasteiger partial charge in [-0.05, 0) is 37.5 Å². The van der Waals surface area contributed by atoms with Crippen molar-refractivity contribution < 1.29 is 8.78 Å². The van der Waals surface area contributed by atoms with Crippen LogP contribution in [0.2, 0.25) is 0 Å². The molecule has 21 heavy (non-hydrogen) atoms. The summed E-state index contributed by atoms with van der Waals surface area (Å²) in [4.78, 5) is 6.85. The molecular weight excluding hydrogens is 270 g/mol. The Morgan fingerprint density at radius 3 is 2.48 bits per heavy atom. The third-order valence-electron chi connectivity index (χ3n) is 5.17. The van der Waals surface area contributed by atoms with Crippen molar-refractivity contribution in [2.45, 2.75) is 32.1 Å².